The van der Waals surface area contributed by atoms with Crippen molar-refractivity contribution in [2.45, 2.75) is 82.8 Å². The highest BCUT2D eigenvalue weighted by molar-refractivity contribution is 6.05. The number of anilines is 1. The molecule has 5 rings (SSSR count). The van der Waals surface area contributed by atoms with Gasteiger partial charge >= 0.3 is 0 Å². The Morgan fingerprint density at radius 2 is 1.64 bits per heavy atom. The highest BCUT2D eigenvalue weighted by Crippen LogP contribution is 2.39. The summed E-state index contributed by atoms with van der Waals surface area (Å²) in [6.07, 6.45) is 9.57. The van der Waals surface area contributed by atoms with Crippen molar-refractivity contribution in [2.24, 2.45) is 5.92 Å². The molecular weight excluding hydrogens is 456 g/mol. The van der Waals surface area contributed by atoms with E-state index in [2.05, 4.69) is 22.9 Å². The Kier molecular flexibility index (Phi) is 7.62. The number of imide groups is 1. The van der Waals surface area contributed by atoms with Gasteiger partial charge in [-0.15, -0.1) is 0 Å². The first-order valence-corrected chi connectivity index (χ1v) is 13.7. The number of carbonyl (C=O) groups excluding carboxylic acids is 3. The van der Waals surface area contributed by atoms with E-state index in [4.69, 9.17) is 4.74 Å². The van der Waals surface area contributed by atoms with Crippen LogP contribution >= 0.6 is 0 Å². The number of fused-ring (bicyclic) bond motifs is 1. The minimum atomic E-state index is -0.268. The topological polar surface area (TPSA) is 73.4 Å². The van der Waals surface area contributed by atoms with Crippen LogP contribution in [0, 0.1) is 5.92 Å². The predicted octanol–water partition coefficient (Wildman–Crippen LogP) is 3.59. The second kappa shape index (κ2) is 10.9. The molecule has 2 saturated carbocycles. The van der Waals surface area contributed by atoms with E-state index in [1.165, 1.54) is 24.3 Å². The smallest absolute Gasteiger partial charge is 0.273 e. The molecule has 8 heteroatoms. The van der Waals surface area contributed by atoms with Crippen molar-refractivity contribution in [1.29, 1.82) is 0 Å². The van der Waals surface area contributed by atoms with Crippen molar-refractivity contribution in [3.05, 3.63) is 29.3 Å². The van der Waals surface area contributed by atoms with Crippen LogP contribution < -0.4 is 4.90 Å². The van der Waals surface area contributed by atoms with Crippen molar-refractivity contribution in [2.75, 3.05) is 38.8 Å². The molecule has 0 aromatic heterocycles. The molecule has 8 nitrogen and oxygen atoms in total. The van der Waals surface area contributed by atoms with E-state index >= 15 is 0 Å². The Morgan fingerprint density at radius 1 is 0.944 bits per heavy atom. The van der Waals surface area contributed by atoms with E-state index < -0.39 is 0 Å². The fraction of sp³-hybridized carbons (Fsp3) is 0.679. The molecule has 0 N–H and O–H groups in total. The van der Waals surface area contributed by atoms with Crippen molar-refractivity contribution >= 4 is 23.4 Å². The minimum Gasteiger partial charge on any atom is -0.383 e. The average Bonchev–Trinajstić information content (AvgIpc) is 3.66. The number of hydrogen-bond donors (Lipinski definition) is 0. The molecule has 0 bridgehead atoms. The van der Waals surface area contributed by atoms with E-state index in [-0.39, 0.29) is 24.3 Å². The summed E-state index contributed by atoms with van der Waals surface area (Å²) in [5.74, 6) is 0.0505. The molecule has 3 fully saturated rings. The molecular formula is C28H40N4O4. The van der Waals surface area contributed by atoms with Gasteiger partial charge in [-0.25, -0.2) is 5.01 Å². The molecule has 0 spiro atoms. The number of hydrazine groups is 1. The van der Waals surface area contributed by atoms with Gasteiger partial charge in [0.05, 0.1) is 13.2 Å². The van der Waals surface area contributed by atoms with Crippen molar-refractivity contribution in [3.8, 4) is 0 Å². The largest absolute Gasteiger partial charge is 0.383 e. The standard InChI is InChI=1S/C28H40N4O4/c1-29(17-18-36-2)21-11-13-22(14-12-21)30(16-15-20-9-10-20)25-6-3-5-23-24(25)19-31(28(23)35)32-26(33)7-4-8-27(32)34/h3,5-6,20-22H,4,7-19H2,1-2H3. The lowest BCUT2D eigenvalue weighted by molar-refractivity contribution is -0.163. The molecule has 1 saturated heterocycles. The maximum atomic E-state index is 13.4. The van der Waals surface area contributed by atoms with Gasteiger partial charge in [0.15, 0.2) is 0 Å². The minimum absolute atomic E-state index is 0.235. The van der Waals surface area contributed by atoms with Gasteiger partial charge < -0.3 is 14.5 Å². The summed E-state index contributed by atoms with van der Waals surface area (Å²) in [5, 5.41) is 2.50. The summed E-state index contributed by atoms with van der Waals surface area (Å²) in [5.41, 5.74) is 2.70. The highest BCUT2D eigenvalue weighted by atomic mass is 16.5. The number of likely N-dealkylation sites (N-methyl/N-ethyl adjacent to an activating group) is 1. The molecule has 0 atom stereocenters. The van der Waals surface area contributed by atoms with Crippen LogP contribution in [0.3, 0.4) is 0 Å². The Bertz CT molecular complexity index is 970. The lowest BCUT2D eigenvalue weighted by Crippen LogP contribution is -2.52. The summed E-state index contributed by atoms with van der Waals surface area (Å²) in [7, 11) is 3.95. The molecule has 196 valence electrons. The quantitative estimate of drug-likeness (QED) is 0.461. The van der Waals surface area contributed by atoms with Gasteiger partial charge in [0.2, 0.25) is 11.8 Å². The Hall–Kier alpha value is -2.45. The molecule has 0 unspecified atom stereocenters. The van der Waals surface area contributed by atoms with Crippen LogP contribution in [-0.4, -0.2) is 78.6 Å². The summed E-state index contributed by atoms with van der Waals surface area (Å²) in [4.78, 5) is 43.5. The van der Waals surface area contributed by atoms with Crippen LogP contribution in [0.4, 0.5) is 5.69 Å². The van der Waals surface area contributed by atoms with Gasteiger partial charge in [-0.3, -0.25) is 14.4 Å². The zero-order chi connectivity index (χ0) is 25.2. The van der Waals surface area contributed by atoms with E-state index in [9.17, 15) is 14.4 Å². The second-order valence-corrected chi connectivity index (χ2v) is 11.0. The SMILES string of the molecule is COCCN(C)C1CCC(N(CCC2CC2)c2cccc3c2CN(N2C(=O)CCCC2=O)C3=O)CC1. The number of hydrogen-bond acceptors (Lipinski definition) is 6. The highest BCUT2D eigenvalue weighted by Gasteiger charge is 2.41. The number of carbonyl (C=O) groups is 3. The molecule has 2 aliphatic carbocycles. The lowest BCUT2D eigenvalue weighted by Gasteiger charge is -2.41. The average molecular weight is 497 g/mol. The van der Waals surface area contributed by atoms with Gasteiger partial charge in [-0.1, -0.05) is 18.9 Å². The van der Waals surface area contributed by atoms with Crippen LogP contribution in [0.15, 0.2) is 18.2 Å². The monoisotopic (exact) mass is 496 g/mol. The molecule has 4 aliphatic rings. The fourth-order valence-corrected chi connectivity index (χ4v) is 6.20. The molecule has 2 aliphatic heterocycles. The van der Waals surface area contributed by atoms with Gasteiger partial charge in [0, 0.05) is 61.9 Å². The zero-order valence-electron chi connectivity index (χ0n) is 21.8. The summed E-state index contributed by atoms with van der Waals surface area (Å²) in [6, 6.07) is 6.96. The maximum Gasteiger partial charge on any atom is 0.273 e. The third-order valence-corrected chi connectivity index (χ3v) is 8.58. The number of ether oxygens (including phenoxy) is 1. The van der Waals surface area contributed by atoms with Gasteiger partial charge in [0.1, 0.15) is 0 Å². The van der Waals surface area contributed by atoms with E-state index in [1.807, 2.05) is 12.1 Å². The van der Waals surface area contributed by atoms with Gasteiger partial charge in [-0.2, -0.15) is 5.01 Å². The molecule has 1 aromatic rings. The van der Waals surface area contributed by atoms with Crippen molar-refractivity contribution < 1.29 is 19.1 Å². The molecule has 36 heavy (non-hydrogen) atoms. The summed E-state index contributed by atoms with van der Waals surface area (Å²) >= 11 is 0. The van der Waals surface area contributed by atoms with Gasteiger partial charge in [-0.05, 0) is 63.6 Å². The fourth-order valence-electron chi connectivity index (χ4n) is 6.20. The lowest BCUT2D eigenvalue weighted by atomic mass is 9.88. The van der Waals surface area contributed by atoms with E-state index in [1.54, 1.807) is 7.11 Å². The number of piperidine rings is 1. The maximum absolute atomic E-state index is 13.4. The third-order valence-electron chi connectivity index (χ3n) is 8.58. The van der Waals surface area contributed by atoms with Crippen LogP contribution in [0.1, 0.15) is 80.1 Å². The molecule has 2 heterocycles. The van der Waals surface area contributed by atoms with Crippen molar-refractivity contribution in [3.63, 3.8) is 0 Å². The molecule has 0 radical (unpaired) electrons. The number of methoxy groups -OCH3 is 1. The Morgan fingerprint density at radius 3 is 2.31 bits per heavy atom. The number of rotatable bonds is 10. The summed E-state index contributed by atoms with van der Waals surface area (Å²) in [6.45, 7) is 2.99. The van der Waals surface area contributed by atoms with E-state index in [0.717, 1.165) is 67.6 Å². The number of benzene rings is 1. The first-order chi connectivity index (χ1) is 17.5. The van der Waals surface area contributed by atoms with E-state index in [0.29, 0.717) is 36.9 Å². The summed E-state index contributed by atoms with van der Waals surface area (Å²) < 4.78 is 5.27. The third kappa shape index (κ3) is 5.16. The predicted molar refractivity (Wildman–Crippen MR) is 137 cm³/mol. The zero-order valence-corrected chi connectivity index (χ0v) is 21.8. The Balaban J connectivity index is 1.36. The number of amides is 3. The van der Waals surface area contributed by atoms with Crippen LogP contribution in [0.2, 0.25) is 0 Å². The molecule has 3 amide bonds. The van der Waals surface area contributed by atoms with Crippen LogP contribution in [-0.2, 0) is 20.9 Å². The normalized spacial score (nSPS) is 24.6. The van der Waals surface area contributed by atoms with Crippen LogP contribution in [0.5, 0.6) is 0 Å². The Labute approximate surface area is 214 Å². The van der Waals surface area contributed by atoms with Crippen LogP contribution in [0.25, 0.3) is 0 Å². The number of nitrogens with zero attached hydrogens (tertiary/aromatic N) is 4. The second-order valence-electron chi connectivity index (χ2n) is 11.0. The first kappa shape index (κ1) is 25.2. The van der Waals surface area contributed by atoms with Gasteiger partial charge in [0.25, 0.3) is 5.91 Å². The molecule has 1 aromatic carbocycles. The first-order valence-electron chi connectivity index (χ1n) is 13.7. The van der Waals surface area contributed by atoms with Crippen molar-refractivity contribution in [1.82, 2.24) is 14.9 Å².